The van der Waals surface area contributed by atoms with Crippen molar-refractivity contribution in [1.29, 1.82) is 0 Å². The second-order valence-electron chi connectivity index (χ2n) is 16.6. The predicted octanol–water partition coefficient (Wildman–Crippen LogP) is 16.5. The SMILES string of the molecule is CC1C=C(c2cc(-c3cccc(-c4cnc5c6ccccc6c6ccccc6c5n4)c3)c3sc4ccc(-c5cccc(-c6ccccc6)c5)cc4c3c2)C=C(c2ccccc2)C1. The number of nitrogens with zero attached hydrogens (tertiary/aromatic N) is 2. The van der Waals surface area contributed by atoms with Gasteiger partial charge in [-0.3, -0.25) is 4.98 Å². The van der Waals surface area contributed by atoms with Gasteiger partial charge in [-0.1, -0.05) is 171 Å². The molecular formula is C59H40N2S. The second kappa shape index (κ2) is 14.9. The van der Waals surface area contributed by atoms with Crippen LogP contribution in [-0.2, 0) is 0 Å². The molecule has 1 aliphatic rings. The average molecular weight is 809 g/mol. The summed E-state index contributed by atoms with van der Waals surface area (Å²) < 4.78 is 2.57. The molecule has 0 fully saturated rings. The van der Waals surface area contributed by atoms with Crippen LogP contribution < -0.4 is 0 Å². The molecule has 0 radical (unpaired) electrons. The lowest BCUT2D eigenvalue weighted by atomic mass is 9.84. The van der Waals surface area contributed by atoms with Gasteiger partial charge in [0, 0.05) is 42.1 Å². The van der Waals surface area contributed by atoms with Crippen molar-refractivity contribution in [3.05, 3.63) is 218 Å². The first-order chi connectivity index (χ1) is 30.6. The van der Waals surface area contributed by atoms with Crippen LogP contribution in [0.25, 0.3) is 109 Å². The minimum Gasteiger partial charge on any atom is -0.252 e. The highest BCUT2D eigenvalue weighted by Crippen LogP contribution is 2.45. The lowest BCUT2D eigenvalue weighted by Crippen LogP contribution is -2.01. The molecule has 0 bridgehead atoms. The van der Waals surface area contributed by atoms with Crippen molar-refractivity contribution in [2.24, 2.45) is 5.92 Å². The van der Waals surface area contributed by atoms with Crippen LogP contribution in [0.5, 0.6) is 0 Å². The fourth-order valence-corrected chi connectivity index (χ4v) is 10.8. The molecule has 12 rings (SSSR count). The molecule has 1 atom stereocenters. The second-order valence-corrected chi connectivity index (χ2v) is 17.7. The molecule has 0 amide bonds. The topological polar surface area (TPSA) is 25.8 Å². The van der Waals surface area contributed by atoms with E-state index in [2.05, 4.69) is 207 Å². The number of fused-ring (bicyclic) bond motifs is 9. The van der Waals surface area contributed by atoms with Crippen molar-refractivity contribution in [3.8, 4) is 44.6 Å². The number of rotatable bonds is 6. The highest BCUT2D eigenvalue weighted by Gasteiger charge is 2.20. The van der Waals surface area contributed by atoms with Crippen LogP contribution in [0.2, 0.25) is 0 Å². The fraction of sp³-hybridized carbons (Fsp3) is 0.0508. The smallest absolute Gasteiger partial charge is 0.0979 e. The molecule has 0 aliphatic heterocycles. The van der Waals surface area contributed by atoms with Gasteiger partial charge in [-0.05, 0) is 110 Å². The summed E-state index contributed by atoms with van der Waals surface area (Å²) >= 11 is 1.88. The summed E-state index contributed by atoms with van der Waals surface area (Å²) in [6, 6.07) is 68.4. The molecule has 3 heteroatoms. The maximum atomic E-state index is 5.38. The van der Waals surface area contributed by atoms with E-state index in [4.69, 9.17) is 9.97 Å². The van der Waals surface area contributed by atoms with E-state index in [1.807, 2.05) is 17.5 Å². The maximum absolute atomic E-state index is 5.38. The number of thiophene rings is 1. The van der Waals surface area contributed by atoms with E-state index in [1.54, 1.807) is 0 Å². The van der Waals surface area contributed by atoms with Gasteiger partial charge >= 0.3 is 0 Å². The summed E-state index contributed by atoms with van der Waals surface area (Å²) in [5.41, 5.74) is 16.2. The van der Waals surface area contributed by atoms with Crippen molar-refractivity contribution in [3.63, 3.8) is 0 Å². The molecule has 62 heavy (non-hydrogen) atoms. The number of benzene rings is 9. The van der Waals surface area contributed by atoms with E-state index in [0.29, 0.717) is 5.92 Å². The lowest BCUT2D eigenvalue weighted by Gasteiger charge is -2.20. The van der Waals surface area contributed by atoms with Gasteiger partial charge in [-0.15, -0.1) is 11.3 Å². The third kappa shape index (κ3) is 6.33. The highest BCUT2D eigenvalue weighted by atomic mass is 32.1. The van der Waals surface area contributed by atoms with Gasteiger partial charge in [-0.25, -0.2) is 4.98 Å². The number of hydrogen-bond acceptors (Lipinski definition) is 3. The Bertz CT molecular complexity index is 3580. The van der Waals surface area contributed by atoms with Crippen LogP contribution in [-0.4, -0.2) is 9.97 Å². The molecule has 1 aliphatic carbocycles. The van der Waals surface area contributed by atoms with Crippen LogP contribution in [0.1, 0.15) is 24.5 Å². The number of aromatic nitrogens is 2. The molecule has 0 spiro atoms. The molecule has 1 unspecified atom stereocenters. The predicted molar refractivity (Wildman–Crippen MR) is 265 cm³/mol. The van der Waals surface area contributed by atoms with E-state index in [0.717, 1.165) is 39.5 Å². The summed E-state index contributed by atoms with van der Waals surface area (Å²) in [6.45, 7) is 2.34. The molecule has 292 valence electrons. The minimum atomic E-state index is 0.412. The molecule has 9 aromatic carbocycles. The zero-order valence-electron chi connectivity index (χ0n) is 34.2. The maximum Gasteiger partial charge on any atom is 0.0979 e. The molecule has 11 aromatic rings. The van der Waals surface area contributed by atoms with E-state index in [1.165, 1.54) is 86.6 Å². The van der Waals surface area contributed by atoms with Crippen molar-refractivity contribution < 1.29 is 0 Å². The Kier molecular flexibility index (Phi) is 8.76. The molecule has 2 heterocycles. The van der Waals surface area contributed by atoms with Crippen LogP contribution >= 0.6 is 11.3 Å². The third-order valence-electron chi connectivity index (χ3n) is 12.6. The van der Waals surface area contributed by atoms with E-state index < -0.39 is 0 Å². The van der Waals surface area contributed by atoms with Gasteiger partial charge in [0.2, 0.25) is 0 Å². The number of allylic oxidation sites excluding steroid dienone is 4. The molecule has 0 saturated heterocycles. The molecule has 2 nitrogen and oxygen atoms in total. The summed E-state index contributed by atoms with van der Waals surface area (Å²) in [7, 11) is 0. The molecular weight excluding hydrogens is 769 g/mol. The van der Waals surface area contributed by atoms with E-state index in [9.17, 15) is 0 Å². The van der Waals surface area contributed by atoms with Crippen LogP contribution in [0.3, 0.4) is 0 Å². The van der Waals surface area contributed by atoms with Crippen LogP contribution in [0.4, 0.5) is 0 Å². The molecule has 2 aromatic heterocycles. The van der Waals surface area contributed by atoms with Crippen molar-refractivity contribution in [2.75, 3.05) is 0 Å². The van der Waals surface area contributed by atoms with Crippen LogP contribution in [0, 0.1) is 5.92 Å². The van der Waals surface area contributed by atoms with Gasteiger partial charge < -0.3 is 0 Å². The van der Waals surface area contributed by atoms with Crippen molar-refractivity contribution in [2.45, 2.75) is 13.3 Å². The molecule has 0 N–H and O–H groups in total. The monoisotopic (exact) mass is 808 g/mol. The Balaban J connectivity index is 1.04. The first kappa shape index (κ1) is 36.4. The van der Waals surface area contributed by atoms with Crippen LogP contribution in [0.15, 0.2) is 206 Å². The quantitative estimate of drug-likeness (QED) is 0.156. The zero-order chi connectivity index (χ0) is 41.1. The molecule has 0 saturated carbocycles. The Morgan fingerprint density at radius 3 is 1.79 bits per heavy atom. The summed E-state index contributed by atoms with van der Waals surface area (Å²) in [4.78, 5) is 10.5. The minimum absolute atomic E-state index is 0.412. The van der Waals surface area contributed by atoms with Crippen molar-refractivity contribution in [1.82, 2.24) is 9.97 Å². The zero-order valence-corrected chi connectivity index (χ0v) is 35.0. The highest BCUT2D eigenvalue weighted by molar-refractivity contribution is 7.26. The Morgan fingerprint density at radius 1 is 0.452 bits per heavy atom. The standard InChI is InChI=1S/C59H40N2S/c1-37-28-45(39-16-6-3-7-17-39)32-46(29-37)47-34-52(59-54(35-47)53-33-42(26-27-56(53)62-59)41-19-12-18-40(30-41)38-14-4-2-5-15-38)43-20-13-21-44(31-43)55-36-60-57-50-24-10-8-22-48(50)49-23-9-11-25-51(49)58(57)61-55/h2-27,29-37H,28H2,1H3. The van der Waals surface area contributed by atoms with Gasteiger partial charge in [0.05, 0.1) is 22.9 Å². The third-order valence-corrected chi connectivity index (χ3v) is 13.8. The van der Waals surface area contributed by atoms with Gasteiger partial charge in [0.25, 0.3) is 0 Å². The first-order valence-electron chi connectivity index (χ1n) is 21.4. The Hall–Kier alpha value is -7.46. The Morgan fingerprint density at radius 2 is 1.03 bits per heavy atom. The van der Waals surface area contributed by atoms with Gasteiger partial charge in [0.15, 0.2) is 0 Å². The van der Waals surface area contributed by atoms with Gasteiger partial charge in [0.1, 0.15) is 0 Å². The Labute approximate surface area is 364 Å². The lowest BCUT2D eigenvalue weighted by molar-refractivity contribution is 0.752. The number of hydrogen-bond donors (Lipinski definition) is 0. The van der Waals surface area contributed by atoms with Gasteiger partial charge in [-0.2, -0.15) is 0 Å². The summed E-state index contributed by atoms with van der Waals surface area (Å²) in [5, 5.41) is 7.21. The van der Waals surface area contributed by atoms with E-state index >= 15 is 0 Å². The fourth-order valence-electron chi connectivity index (χ4n) is 9.60. The van der Waals surface area contributed by atoms with E-state index in [-0.39, 0.29) is 0 Å². The largest absolute Gasteiger partial charge is 0.252 e. The first-order valence-corrected chi connectivity index (χ1v) is 22.2. The van der Waals surface area contributed by atoms with Crippen molar-refractivity contribution >= 4 is 75.2 Å². The normalized spacial score (nSPS) is 14.2. The average Bonchev–Trinajstić information content (AvgIpc) is 3.72. The summed E-state index contributed by atoms with van der Waals surface area (Å²) in [6.07, 6.45) is 7.86. The summed E-state index contributed by atoms with van der Waals surface area (Å²) in [5.74, 6) is 0.412.